The lowest BCUT2D eigenvalue weighted by molar-refractivity contribution is -0.136. The minimum Gasteiger partial charge on any atom is -0.434 e. The van der Waals surface area contributed by atoms with Crippen LogP contribution in [-0.2, 0) is 11.2 Å². The minimum atomic E-state index is -3.04. The van der Waals surface area contributed by atoms with Crippen LogP contribution in [-0.4, -0.2) is 77.8 Å². The van der Waals surface area contributed by atoms with Gasteiger partial charge in [-0.2, -0.15) is 8.78 Å². The molecular weight excluding hydrogens is 524 g/mol. The second-order valence-corrected chi connectivity index (χ2v) is 11.5. The fourth-order valence-electron chi connectivity index (χ4n) is 6.59. The normalized spacial score (nSPS) is 23.2. The highest BCUT2D eigenvalue weighted by Crippen LogP contribution is 2.46. The lowest BCUT2D eigenvalue weighted by Gasteiger charge is -2.46. The molecule has 2 aromatic carbocycles. The smallest absolute Gasteiger partial charge is 0.387 e. The van der Waals surface area contributed by atoms with Crippen LogP contribution in [0.15, 0.2) is 42.5 Å². The lowest BCUT2D eigenvalue weighted by Crippen LogP contribution is -2.54. The number of carbonyl (C=O) groups excluding carboxylic acids is 1. The molecule has 2 atom stereocenters. The molecule has 6 rings (SSSR count). The van der Waals surface area contributed by atoms with Gasteiger partial charge in [0.15, 0.2) is 0 Å². The van der Waals surface area contributed by atoms with Gasteiger partial charge in [-0.25, -0.2) is 4.39 Å². The molecular formula is C30H34F4N4O2. The highest BCUT2D eigenvalue weighted by atomic mass is 19.3. The largest absolute Gasteiger partial charge is 0.434 e. The summed E-state index contributed by atoms with van der Waals surface area (Å²) in [6, 6.07) is 12.6. The number of para-hydroxylation sites is 1. The van der Waals surface area contributed by atoms with Crippen LogP contribution in [0.5, 0.6) is 5.75 Å². The zero-order valence-electron chi connectivity index (χ0n) is 22.4. The van der Waals surface area contributed by atoms with Gasteiger partial charge in [0.25, 0.3) is 0 Å². The second kappa shape index (κ2) is 10.7. The maximum Gasteiger partial charge on any atom is 0.387 e. The van der Waals surface area contributed by atoms with Gasteiger partial charge in [-0.1, -0.05) is 24.3 Å². The van der Waals surface area contributed by atoms with Crippen LogP contribution in [0.3, 0.4) is 0 Å². The number of hydrogen-bond acceptors (Lipinski definition) is 5. The Balaban J connectivity index is 1.36. The van der Waals surface area contributed by atoms with E-state index in [1.807, 2.05) is 42.2 Å². The number of rotatable bonds is 10. The van der Waals surface area contributed by atoms with E-state index in [4.69, 9.17) is 4.74 Å². The predicted octanol–water partition coefficient (Wildman–Crippen LogP) is 5.63. The summed E-state index contributed by atoms with van der Waals surface area (Å²) in [5, 5.41) is 4.43. The Morgan fingerprint density at radius 1 is 1.18 bits per heavy atom. The number of likely N-dealkylation sites (tertiary alicyclic amines) is 1. The van der Waals surface area contributed by atoms with Crippen LogP contribution in [0.4, 0.5) is 23.2 Å². The van der Waals surface area contributed by atoms with E-state index in [1.165, 1.54) is 0 Å². The molecule has 6 nitrogen and oxygen atoms in total. The number of fused-ring (bicyclic) bond motifs is 3. The number of hydrogen-bond donors (Lipinski definition) is 2. The second-order valence-electron chi connectivity index (χ2n) is 11.5. The number of Topliss-reactive ketones (excluding diaryl/α,β-unsaturated/α-hetero) is 1. The van der Waals surface area contributed by atoms with E-state index < -0.39 is 18.3 Å². The topological polar surface area (TPSA) is 60.6 Å². The number of aromatic amines is 1. The summed E-state index contributed by atoms with van der Waals surface area (Å²) >= 11 is 0. The van der Waals surface area contributed by atoms with Gasteiger partial charge in [-0.15, -0.1) is 0 Å². The summed E-state index contributed by atoms with van der Waals surface area (Å²) < 4.78 is 60.6. The summed E-state index contributed by atoms with van der Waals surface area (Å²) in [7, 11) is 0. The Morgan fingerprint density at radius 2 is 1.95 bits per heavy atom. The third-order valence-corrected chi connectivity index (χ3v) is 8.47. The molecule has 3 heterocycles. The summed E-state index contributed by atoms with van der Waals surface area (Å²) in [4.78, 5) is 19.3. The summed E-state index contributed by atoms with van der Waals surface area (Å²) in [5.74, 6) is -0.0775. The molecule has 0 radical (unpaired) electrons. The van der Waals surface area contributed by atoms with E-state index in [2.05, 4.69) is 15.2 Å². The number of carbonyl (C=O) groups is 1. The summed E-state index contributed by atoms with van der Waals surface area (Å²) in [6.07, 6.45) is 0.893. The maximum absolute atomic E-state index is 15.6. The van der Waals surface area contributed by atoms with Crippen molar-refractivity contribution in [3.63, 3.8) is 0 Å². The van der Waals surface area contributed by atoms with Crippen molar-refractivity contribution >= 4 is 22.4 Å². The molecule has 0 amide bonds. The number of halogens is 4. The molecule has 0 unspecified atom stereocenters. The van der Waals surface area contributed by atoms with Gasteiger partial charge in [-0.3, -0.25) is 19.0 Å². The van der Waals surface area contributed by atoms with E-state index in [-0.39, 0.29) is 49.7 Å². The molecule has 1 aliphatic carbocycles. The molecule has 0 bridgehead atoms. The van der Waals surface area contributed by atoms with Crippen LogP contribution in [0.25, 0.3) is 10.9 Å². The number of ether oxygens (including phenoxy) is 1. The monoisotopic (exact) mass is 558 g/mol. The van der Waals surface area contributed by atoms with Crippen molar-refractivity contribution < 1.29 is 27.1 Å². The number of anilines is 1. The number of aromatic nitrogens is 1. The van der Waals surface area contributed by atoms with Crippen LogP contribution in [0.2, 0.25) is 0 Å². The Morgan fingerprint density at radius 3 is 2.67 bits per heavy atom. The third-order valence-electron chi connectivity index (χ3n) is 8.47. The van der Waals surface area contributed by atoms with Crippen LogP contribution < -0.4 is 10.1 Å². The fraction of sp³-hybridized carbons (Fsp3) is 0.500. The molecule has 10 heteroatoms. The van der Waals surface area contributed by atoms with Crippen molar-refractivity contribution in [2.24, 2.45) is 0 Å². The van der Waals surface area contributed by atoms with Gasteiger partial charge in [0.2, 0.25) is 0 Å². The zero-order valence-corrected chi connectivity index (χ0v) is 22.4. The summed E-state index contributed by atoms with van der Waals surface area (Å²) in [6.45, 7) is 0.826. The van der Waals surface area contributed by atoms with Crippen molar-refractivity contribution in [2.45, 2.75) is 63.0 Å². The first-order valence-corrected chi connectivity index (χ1v) is 13.9. The highest BCUT2D eigenvalue weighted by molar-refractivity contribution is 5.87. The SMILES string of the molecule is C[C@@H]1Cc2c([nH]c3ccccc23)[C@@H](c2ccc(NC3CN(CCCF)C3)cc2OC(F)F)N1CC1(F)CC(=O)C1. The van der Waals surface area contributed by atoms with E-state index in [1.54, 1.807) is 12.1 Å². The molecule has 2 aliphatic heterocycles. The molecule has 40 heavy (non-hydrogen) atoms. The van der Waals surface area contributed by atoms with Gasteiger partial charge in [-0.05, 0) is 37.5 Å². The van der Waals surface area contributed by atoms with Gasteiger partial charge >= 0.3 is 6.61 Å². The Hall–Kier alpha value is -3.11. The predicted molar refractivity (Wildman–Crippen MR) is 146 cm³/mol. The van der Waals surface area contributed by atoms with Crippen molar-refractivity contribution in [1.82, 2.24) is 14.8 Å². The molecule has 3 aliphatic rings. The Labute approximate surface area is 230 Å². The molecule has 3 aromatic rings. The van der Waals surface area contributed by atoms with E-state index in [0.29, 0.717) is 30.6 Å². The number of benzene rings is 2. The number of nitrogens with zero attached hydrogens (tertiary/aromatic N) is 2. The lowest BCUT2D eigenvalue weighted by atomic mass is 9.78. The zero-order chi connectivity index (χ0) is 28.0. The van der Waals surface area contributed by atoms with Crippen LogP contribution in [0.1, 0.15) is 49.0 Å². The molecule has 214 valence electrons. The first-order valence-electron chi connectivity index (χ1n) is 13.9. The molecule has 0 spiro atoms. The molecule has 1 saturated heterocycles. The van der Waals surface area contributed by atoms with Crippen LogP contribution >= 0.6 is 0 Å². The standard InChI is InChI=1S/C30H34F4N4O2/c1-18-11-24-22-5-2-3-6-25(22)36-27(24)28(38(18)17-30(34)13-21(39)14-30)23-8-7-19(12-26(23)40-29(32)33)35-20-15-37(16-20)10-4-9-31/h2-3,5-8,12,18,20,28-29,35-36H,4,9-11,13-17H2,1H3/t18-,28-/m1/s1. The third kappa shape index (κ3) is 5.19. The first-order chi connectivity index (χ1) is 19.2. The van der Waals surface area contributed by atoms with Crippen molar-refractivity contribution in [3.05, 3.63) is 59.3 Å². The van der Waals surface area contributed by atoms with Crippen LogP contribution in [0, 0.1) is 0 Å². The fourth-order valence-corrected chi connectivity index (χ4v) is 6.59. The number of ketones is 1. The van der Waals surface area contributed by atoms with E-state index in [0.717, 1.165) is 35.2 Å². The molecule has 2 fully saturated rings. The summed E-state index contributed by atoms with van der Waals surface area (Å²) in [5.41, 5.74) is 2.35. The molecule has 1 saturated carbocycles. The minimum absolute atomic E-state index is 0.0181. The van der Waals surface area contributed by atoms with Crippen molar-refractivity contribution in [3.8, 4) is 5.75 Å². The van der Waals surface area contributed by atoms with Gasteiger partial charge in [0, 0.05) is 79.0 Å². The maximum atomic E-state index is 15.6. The Kier molecular flexibility index (Phi) is 7.25. The van der Waals surface area contributed by atoms with Crippen molar-refractivity contribution in [2.75, 3.05) is 38.2 Å². The number of nitrogens with one attached hydrogen (secondary N) is 2. The van der Waals surface area contributed by atoms with Gasteiger partial charge in [0.05, 0.1) is 18.8 Å². The van der Waals surface area contributed by atoms with E-state index in [9.17, 15) is 18.0 Å². The van der Waals surface area contributed by atoms with E-state index >= 15 is 4.39 Å². The number of H-pyrrole nitrogens is 1. The van der Waals surface area contributed by atoms with Gasteiger partial charge < -0.3 is 15.0 Å². The quantitative estimate of drug-likeness (QED) is 0.316. The van der Waals surface area contributed by atoms with Crippen molar-refractivity contribution in [1.29, 1.82) is 0 Å². The average Bonchev–Trinajstić information content (AvgIpc) is 3.23. The van der Waals surface area contributed by atoms with Gasteiger partial charge in [0.1, 0.15) is 17.2 Å². The molecule has 1 aromatic heterocycles. The molecule has 2 N–H and O–H groups in total. The average molecular weight is 559 g/mol. The number of alkyl halides is 4. The highest BCUT2D eigenvalue weighted by Gasteiger charge is 2.49. The first kappa shape index (κ1) is 27.1. The Bertz CT molecular complexity index is 1380.